The molecular formula is C12H18N4O. The molecule has 92 valence electrons. The van der Waals surface area contributed by atoms with Gasteiger partial charge in [-0.05, 0) is 26.1 Å². The van der Waals surface area contributed by atoms with Crippen LogP contribution in [-0.2, 0) is 0 Å². The molecule has 2 rings (SSSR count). The molecule has 0 aromatic carbocycles. The Morgan fingerprint density at radius 3 is 2.82 bits per heavy atom. The van der Waals surface area contributed by atoms with Gasteiger partial charge in [-0.3, -0.25) is 4.79 Å². The van der Waals surface area contributed by atoms with Crippen molar-refractivity contribution < 1.29 is 4.79 Å². The van der Waals surface area contributed by atoms with E-state index < -0.39 is 0 Å². The molecule has 2 N–H and O–H groups in total. The van der Waals surface area contributed by atoms with Crippen LogP contribution in [0.3, 0.4) is 0 Å². The normalized spacial score (nSPS) is 21.5. The average molecular weight is 234 g/mol. The topological polar surface area (TPSA) is 62.5 Å². The van der Waals surface area contributed by atoms with Gasteiger partial charge in [0.1, 0.15) is 5.69 Å². The lowest BCUT2D eigenvalue weighted by molar-refractivity contribution is 0.0528. The molecule has 1 amide bonds. The summed E-state index contributed by atoms with van der Waals surface area (Å²) in [6.07, 6.45) is 1.52. The number of hydrogen-bond donors (Lipinski definition) is 1. The summed E-state index contributed by atoms with van der Waals surface area (Å²) in [7, 11) is 2.07. The number of carbonyl (C=O) groups excluding carboxylic acids is 1. The van der Waals surface area contributed by atoms with Crippen molar-refractivity contribution in [1.29, 1.82) is 0 Å². The Morgan fingerprint density at radius 2 is 2.24 bits per heavy atom. The quantitative estimate of drug-likeness (QED) is 0.766. The van der Waals surface area contributed by atoms with Crippen molar-refractivity contribution in [1.82, 2.24) is 14.8 Å². The molecule has 5 heteroatoms. The number of piperazine rings is 1. The summed E-state index contributed by atoms with van der Waals surface area (Å²) < 4.78 is 0. The molecule has 1 atom stereocenters. The molecule has 0 bridgehead atoms. The first kappa shape index (κ1) is 11.9. The fraction of sp³-hybridized carbons (Fsp3) is 0.500. The van der Waals surface area contributed by atoms with Crippen molar-refractivity contribution in [3.05, 3.63) is 24.0 Å². The average Bonchev–Trinajstić information content (AvgIpc) is 2.29. The van der Waals surface area contributed by atoms with E-state index in [1.165, 1.54) is 6.20 Å². The minimum atomic E-state index is -0.00870. The summed E-state index contributed by atoms with van der Waals surface area (Å²) in [6, 6.07) is 3.62. The molecule has 0 aliphatic carbocycles. The van der Waals surface area contributed by atoms with Crippen LogP contribution in [0.1, 0.15) is 17.4 Å². The predicted molar refractivity (Wildman–Crippen MR) is 66.6 cm³/mol. The number of aromatic nitrogens is 1. The number of likely N-dealkylation sites (N-methyl/N-ethyl adjacent to an activating group) is 1. The van der Waals surface area contributed by atoms with Crippen LogP contribution in [0, 0.1) is 0 Å². The smallest absolute Gasteiger partial charge is 0.272 e. The first-order chi connectivity index (χ1) is 8.08. The highest BCUT2D eigenvalue weighted by Crippen LogP contribution is 2.12. The van der Waals surface area contributed by atoms with Gasteiger partial charge in [-0.15, -0.1) is 0 Å². The van der Waals surface area contributed by atoms with E-state index in [1.54, 1.807) is 12.1 Å². The lowest BCUT2D eigenvalue weighted by atomic mass is 10.2. The Hall–Kier alpha value is -1.62. The molecule has 2 heterocycles. The molecule has 0 radical (unpaired) electrons. The lowest BCUT2D eigenvalue weighted by Crippen LogP contribution is -2.52. The maximum Gasteiger partial charge on any atom is 0.272 e. The largest absolute Gasteiger partial charge is 0.397 e. The van der Waals surface area contributed by atoms with E-state index >= 15 is 0 Å². The molecule has 0 saturated carbocycles. The van der Waals surface area contributed by atoms with Crippen molar-refractivity contribution in [2.75, 3.05) is 32.4 Å². The van der Waals surface area contributed by atoms with Crippen LogP contribution < -0.4 is 5.73 Å². The van der Waals surface area contributed by atoms with E-state index in [-0.39, 0.29) is 11.9 Å². The predicted octanol–water partition coefficient (Wildman–Crippen LogP) is 0.440. The fourth-order valence-electron chi connectivity index (χ4n) is 2.12. The molecule has 1 aromatic rings. The number of amides is 1. The number of hydrogen-bond acceptors (Lipinski definition) is 4. The zero-order valence-corrected chi connectivity index (χ0v) is 10.3. The third-order valence-electron chi connectivity index (χ3n) is 3.10. The Kier molecular flexibility index (Phi) is 3.28. The second kappa shape index (κ2) is 4.71. The van der Waals surface area contributed by atoms with E-state index in [4.69, 9.17) is 5.73 Å². The Morgan fingerprint density at radius 1 is 1.47 bits per heavy atom. The number of rotatable bonds is 1. The molecule has 17 heavy (non-hydrogen) atoms. The van der Waals surface area contributed by atoms with Crippen LogP contribution >= 0.6 is 0 Å². The summed E-state index contributed by atoms with van der Waals surface area (Å²) in [5, 5.41) is 0. The van der Waals surface area contributed by atoms with Crippen LogP contribution in [0.25, 0.3) is 0 Å². The lowest BCUT2D eigenvalue weighted by Gasteiger charge is -2.38. The number of pyridine rings is 1. The first-order valence-electron chi connectivity index (χ1n) is 5.79. The first-order valence-corrected chi connectivity index (χ1v) is 5.79. The monoisotopic (exact) mass is 234 g/mol. The highest BCUT2D eigenvalue weighted by molar-refractivity contribution is 5.92. The van der Waals surface area contributed by atoms with E-state index in [1.807, 2.05) is 4.90 Å². The SMILES string of the molecule is CC1CN(C)CCN1C(=O)c1ccc(N)cn1. The fourth-order valence-corrected chi connectivity index (χ4v) is 2.12. The number of anilines is 1. The van der Waals surface area contributed by atoms with Gasteiger partial charge in [-0.25, -0.2) is 4.98 Å². The zero-order chi connectivity index (χ0) is 12.4. The highest BCUT2D eigenvalue weighted by Gasteiger charge is 2.26. The van der Waals surface area contributed by atoms with E-state index in [9.17, 15) is 4.79 Å². The van der Waals surface area contributed by atoms with Crippen LogP contribution in [0.2, 0.25) is 0 Å². The second-order valence-corrected chi connectivity index (χ2v) is 4.59. The molecule has 1 aromatic heterocycles. The van der Waals surface area contributed by atoms with Crippen molar-refractivity contribution >= 4 is 11.6 Å². The van der Waals surface area contributed by atoms with Crippen molar-refractivity contribution in [3.63, 3.8) is 0 Å². The number of nitrogens with zero attached hydrogens (tertiary/aromatic N) is 3. The molecule has 0 spiro atoms. The summed E-state index contributed by atoms with van der Waals surface area (Å²) in [4.78, 5) is 20.4. The molecule has 1 saturated heterocycles. The van der Waals surface area contributed by atoms with Gasteiger partial charge in [-0.2, -0.15) is 0 Å². The summed E-state index contributed by atoms with van der Waals surface area (Å²) >= 11 is 0. The minimum absolute atomic E-state index is 0.00870. The summed E-state index contributed by atoms with van der Waals surface area (Å²) in [6.45, 7) is 4.62. The van der Waals surface area contributed by atoms with Gasteiger partial charge in [0.25, 0.3) is 5.91 Å². The molecule has 5 nitrogen and oxygen atoms in total. The molecule has 1 aliphatic rings. The third kappa shape index (κ3) is 2.55. The van der Waals surface area contributed by atoms with Crippen molar-refractivity contribution in [2.45, 2.75) is 13.0 Å². The molecule has 1 fully saturated rings. The molecular weight excluding hydrogens is 216 g/mol. The van der Waals surface area contributed by atoms with Crippen molar-refractivity contribution in [2.24, 2.45) is 0 Å². The Bertz CT molecular complexity index is 403. The number of nitrogen functional groups attached to an aromatic ring is 1. The standard InChI is InChI=1S/C12H18N4O/c1-9-8-15(2)5-6-16(9)12(17)11-4-3-10(13)7-14-11/h3-4,7,9H,5-6,8,13H2,1-2H3. The number of carbonyl (C=O) groups is 1. The van der Waals surface area contributed by atoms with Crippen LogP contribution in [0.5, 0.6) is 0 Å². The van der Waals surface area contributed by atoms with Crippen LogP contribution in [0.15, 0.2) is 18.3 Å². The minimum Gasteiger partial charge on any atom is -0.397 e. The van der Waals surface area contributed by atoms with E-state index in [0.717, 1.165) is 19.6 Å². The summed E-state index contributed by atoms with van der Waals surface area (Å²) in [5.41, 5.74) is 6.60. The molecule has 1 aliphatic heterocycles. The van der Waals surface area contributed by atoms with E-state index in [2.05, 4.69) is 23.9 Å². The van der Waals surface area contributed by atoms with Gasteiger partial charge < -0.3 is 15.5 Å². The van der Waals surface area contributed by atoms with Gasteiger partial charge >= 0.3 is 0 Å². The Labute approximate surface area is 101 Å². The second-order valence-electron chi connectivity index (χ2n) is 4.59. The zero-order valence-electron chi connectivity index (χ0n) is 10.3. The highest BCUT2D eigenvalue weighted by atomic mass is 16.2. The maximum absolute atomic E-state index is 12.2. The third-order valence-corrected chi connectivity index (χ3v) is 3.10. The molecule has 1 unspecified atom stereocenters. The van der Waals surface area contributed by atoms with E-state index in [0.29, 0.717) is 11.4 Å². The van der Waals surface area contributed by atoms with Crippen molar-refractivity contribution in [3.8, 4) is 0 Å². The summed E-state index contributed by atoms with van der Waals surface area (Å²) in [5.74, 6) is -0.00870. The van der Waals surface area contributed by atoms with Gasteiger partial charge in [0.15, 0.2) is 0 Å². The van der Waals surface area contributed by atoms with Gasteiger partial charge in [-0.1, -0.05) is 0 Å². The van der Waals surface area contributed by atoms with Crippen LogP contribution in [0.4, 0.5) is 5.69 Å². The van der Waals surface area contributed by atoms with Crippen LogP contribution in [-0.4, -0.2) is 53.4 Å². The maximum atomic E-state index is 12.2. The Balaban J connectivity index is 2.12. The van der Waals surface area contributed by atoms with Gasteiger partial charge in [0.2, 0.25) is 0 Å². The van der Waals surface area contributed by atoms with Gasteiger partial charge in [0, 0.05) is 25.7 Å². The van der Waals surface area contributed by atoms with Gasteiger partial charge in [0.05, 0.1) is 11.9 Å². The number of nitrogens with two attached hydrogens (primary N) is 1.